The van der Waals surface area contributed by atoms with Gasteiger partial charge in [0.05, 0.1) is 0 Å². The Balaban J connectivity index is 2.48. The molecule has 1 amide bonds. The molecular formula is C10H20N2O2. The molecule has 0 saturated carbocycles. The number of carbonyl (C=O) groups is 1. The molecule has 14 heavy (non-hydrogen) atoms. The van der Waals surface area contributed by atoms with Gasteiger partial charge in [0.15, 0.2) is 0 Å². The highest BCUT2D eigenvalue weighted by Crippen LogP contribution is 2.17. The number of carbonyl (C=O) groups excluding carboxylic acids is 1. The number of rotatable bonds is 0. The lowest BCUT2D eigenvalue weighted by atomic mass is 10.1. The molecule has 1 aliphatic rings. The second kappa shape index (κ2) is 3.77. The first-order valence-corrected chi connectivity index (χ1v) is 5.03. The van der Waals surface area contributed by atoms with E-state index in [1.807, 2.05) is 20.8 Å². The molecule has 2 atom stereocenters. The van der Waals surface area contributed by atoms with Crippen LogP contribution in [0.1, 0.15) is 27.7 Å². The molecular weight excluding hydrogens is 180 g/mol. The predicted molar refractivity (Wildman–Crippen MR) is 54.9 cm³/mol. The summed E-state index contributed by atoms with van der Waals surface area (Å²) in [6, 6.07) is 0.0857. The zero-order chi connectivity index (χ0) is 10.9. The van der Waals surface area contributed by atoms with Gasteiger partial charge in [-0.25, -0.2) is 4.79 Å². The molecule has 4 nitrogen and oxygen atoms in total. The first kappa shape index (κ1) is 11.3. The van der Waals surface area contributed by atoms with Crippen LogP contribution in [0.4, 0.5) is 4.79 Å². The van der Waals surface area contributed by atoms with E-state index in [1.54, 1.807) is 4.90 Å². The van der Waals surface area contributed by atoms with E-state index in [-0.39, 0.29) is 12.1 Å². The quantitative estimate of drug-likeness (QED) is 0.639. The maximum Gasteiger partial charge on any atom is 0.410 e. The van der Waals surface area contributed by atoms with E-state index in [0.29, 0.717) is 19.0 Å². The zero-order valence-corrected chi connectivity index (χ0v) is 9.41. The molecule has 4 heteroatoms. The maximum atomic E-state index is 11.6. The van der Waals surface area contributed by atoms with E-state index in [2.05, 4.69) is 6.92 Å². The van der Waals surface area contributed by atoms with E-state index < -0.39 is 5.60 Å². The number of ether oxygens (including phenoxy) is 1. The summed E-state index contributed by atoms with van der Waals surface area (Å²) >= 11 is 0. The summed E-state index contributed by atoms with van der Waals surface area (Å²) in [6.07, 6.45) is -0.252. The molecule has 2 N–H and O–H groups in total. The first-order valence-electron chi connectivity index (χ1n) is 5.03. The standard InChI is InChI=1S/C10H20N2O2/c1-7-5-12(6-8(7)11)9(13)14-10(2,3)4/h7-8H,5-6,11H2,1-4H3/t7-,8+/m0/s1. The minimum atomic E-state index is -0.424. The number of hydrogen-bond donors (Lipinski definition) is 1. The third-order valence-electron chi connectivity index (χ3n) is 2.32. The normalized spacial score (nSPS) is 27.9. The third kappa shape index (κ3) is 2.87. The highest BCUT2D eigenvalue weighted by Gasteiger charge is 2.32. The Morgan fingerprint density at radius 3 is 2.36 bits per heavy atom. The second-order valence-corrected chi connectivity index (χ2v) is 5.03. The van der Waals surface area contributed by atoms with Crippen LogP contribution in [-0.4, -0.2) is 35.7 Å². The van der Waals surface area contributed by atoms with Crippen LogP contribution in [0.2, 0.25) is 0 Å². The molecule has 0 unspecified atom stereocenters. The van der Waals surface area contributed by atoms with Crippen LogP contribution in [0.15, 0.2) is 0 Å². The van der Waals surface area contributed by atoms with Crippen molar-refractivity contribution < 1.29 is 9.53 Å². The van der Waals surface area contributed by atoms with Gasteiger partial charge in [-0.05, 0) is 26.7 Å². The Bertz CT molecular complexity index is 213. The van der Waals surface area contributed by atoms with E-state index in [0.717, 1.165) is 0 Å². The van der Waals surface area contributed by atoms with Gasteiger partial charge in [0.1, 0.15) is 5.60 Å². The lowest BCUT2D eigenvalue weighted by Crippen LogP contribution is -2.36. The number of nitrogens with zero attached hydrogens (tertiary/aromatic N) is 1. The summed E-state index contributed by atoms with van der Waals surface area (Å²) < 4.78 is 5.25. The van der Waals surface area contributed by atoms with Gasteiger partial charge in [-0.15, -0.1) is 0 Å². The zero-order valence-electron chi connectivity index (χ0n) is 9.41. The molecule has 0 spiro atoms. The summed E-state index contributed by atoms with van der Waals surface area (Å²) in [7, 11) is 0. The van der Waals surface area contributed by atoms with Crippen molar-refractivity contribution in [3.63, 3.8) is 0 Å². The van der Waals surface area contributed by atoms with Crippen LogP contribution in [0.3, 0.4) is 0 Å². The smallest absolute Gasteiger partial charge is 0.410 e. The Hall–Kier alpha value is -0.770. The van der Waals surface area contributed by atoms with Crippen LogP contribution >= 0.6 is 0 Å². The molecule has 0 aromatic carbocycles. The van der Waals surface area contributed by atoms with Crippen molar-refractivity contribution in [3.8, 4) is 0 Å². The van der Waals surface area contributed by atoms with Crippen molar-refractivity contribution in [2.75, 3.05) is 13.1 Å². The van der Waals surface area contributed by atoms with Gasteiger partial charge in [0.25, 0.3) is 0 Å². The third-order valence-corrected chi connectivity index (χ3v) is 2.32. The van der Waals surface area contributed by atoms with E-state index in [1.165, 1.54) is 0 Å². The topological polar surface area (TPSA) is 55.6 Å². The monoisotopic (exact) mass is 200 g/mol. The fourth-order valence-corrected chi connectivity index (χ4v) is 1.47. The molecule has 1 aliphatic heterocycles. The Morgan fingerprint density at radius 2 is 2.00 bits per heavy atom. The summed E-state index contributed by atoms with van der Waals surface area (Å²) in [5.74, 6) is 0.363. The maximum absolute atomic E-state index is 11.6. The largest absolute Gasteiger partial charge is 0.444 e. The SMILES string of the molecule is C[C@H]1CN(C(=O)OC(C)(C)C)C[C@H]1N. The van der Waals surface area contributed by atoms with Crippen molar-refractivity contribution in [1.29, 1.82) is 0 Å². The summed E-state index contributed by atoms with van der Waals surface area (Å²) in [4.78, 5) is 13.3. The fourth-order valence-electron chi connectivity index (χ4n) is 1.47. The van der Waals surface area contributed by atoms with Crippen molar-refractivity contribution in [2.24, 2.45) is 11.7 Å². The Morgan fingerprint density at radius 1 is 1.43 bits per heavy atom. The van der Waals surface area contributed by atoms with E-state index in [9.17, 15) is 4.79 Å². The van der Waals surface area contributed by atoms with Crippen molar-refractivity contribution >= 4 is 6.09 Å². The minimum Gasteiger partial charge on any atom is -0.444 e. The van der Waals surface area contributed by atoms with Crippen LogP contribution in [0.5, 0.6) is 0 Å². The molecule has 0 bridgehead atoms. The molecule has 1 saturated heterocycles. The highest BCUT2D eigenvalue weighted by atomic mass is 16.6. The van der Waals surface area contributed by atoms with E-state index >= 15 is 0 Å². The van der Waals surface area contributed by atoms with Crippen molar-refractivity contribution in [2.45, 2.75) is 39.3 Å². The molecule has 0 radical (unpaired) electrons. The molecule has 1 heterocycles. The minimum absolute atomic E-state index is 0.0857. The van der Waals surface area contributed by atoms with Gasteiger partial charge in [-0.1, -0.05) is 6.92 Å². The van der Waals surface area contributed by atoms with Crippen LogP contribution < -0.4 is 5.73 Å². The number of amides is 1. The van der Waals surface area contributed by atoms with Gasteiger partial charge >= 0.3 is 6.09 Å². The highest BCUT2D eigenvalue weighted by molar-refractivity contribution is 5.68. The van der Waals surface area contributed by atoms with Gasteiger partial charge in [-0.2, -0.15) is 0 Å². The lowest BCUT2D eigenvalue weighted by molar-refractivity contribution is 0.0287. The fraction of sp³-hybridized carbons (Fsp3) is 0.900. The average molecular weight is 200 g/mol. The molecule has 0 aromatic rings. The molecule has 1 fully saturated rings. The second-order valence-electron chi connectivity index (χ2n) is 5.03. The van der Waals surface area contributed by atoms with E-state index in [4.69, 9.17) is 10.5 Å². The number of likely N-dealkylation sites (tertiary alicyclic amines) is 1. The van der Waals surface area contributed by atoms with Crippen molar-refractivity contribution in [3.05, 3.63) is 0 Å². The summed E-state index contributed by atoms with van der Waals surface area (Å²) in [5.41, 5.74) is 5.40. The van der Waals surface area contributed by atoms with Crippen LogP contribution in [-0.2, 0) is 4.74 Å². The lowest BCUT2D eigenvalue weighted by Gasteiger charge is -2.24. The van der Waals surface area contributed by atoms with Crippen molar-refractivity contribution in [1.82, 2.24) is 4.90 Å². The number of hydrogen-bond acceptors (Lipinski definition) is 3. The Labute approximate surface area is 85.4 Å². The molecule has 0 aliphatic carbocycles. The summed E-state index contributed by atoms with van der Waals surface area (Å²) in [5, 5.41) is 0. The van der Waals surface area contributed by atoms with Gasteiger partial charge in [0, 0.05) is 19.1 Å². The average Bonchev–Trinajstić information content (AvgIpc) is 2.28. The van der Waals surface area contributed by atoms with Gasteiger partial charge in [-0.3, -0.25) is 0 Å². The van der Waals surface area contributed by atoms with Crippen LogP contribution in [0.25, 0.3) is 0 Å². The Kier molecular flexibility index (Phi) is 3.04. The number of nitrogens with two attached hydrogens (primary N) is 1. The molecule has 1 rings (SSSR count). The summed E-state index contributed by atoms with van der Waals surface area (Å²) in [6.45, 7) is 8.96. The molecule has 0 aromatic heterocycles. The first-order chi connectivity index (χ1) is 6.29. The van der Waals surface area contributed by atoms with Gasteiger partial charge in [0.2, 0.25) is 0 Å². The predicted octanol–water partition coefficient (Wildman–Crippen LogP) is 1.20. The van der Waals surface area contributed by atoms with Gasteiger partial charge < -0.3 is 15.4 Å². The molecule has 82 valence electrons. The van der Waals surface area contributed by atoms with Crippen LogP contribution in [0, 0.1) is 5.92 Å².